The number of hydrogen-bond acceptors (Lipinski definition) is 3. The molecule has 1 N–H and O–H groups in total. The topological polar surface area (TPSA) is 33.6 Å². The molecule has 3 nitrogen and oxygen atoms in total. The maximum atomic E-state index is 5.51. The van der Waals surface area contributed by atoms with Crippen molar-refractivity contribution in [3.63, 3.8) is 0 Å². The summed E-state index contributed by atoms with van der Waals surface area (Å²) in [7, 11) is 0. The number of para-hydroxylation sites is 1. The third kappa shape index (κ3) is 2.01. The molecule has 0 unspecified atom stereocenters. The molecule has 1 aliphatic rings. The van der Waals surface area contributed by atoms with Gasteiger partial charge in [-0.25, -0.2) is 4.99 Å². The Morgan fingerprint density at radius 2 is 2.00 bits per heavy atom. The first-order valence-electron chi connectivity index (χ1n) is 4.27. The van der Waals surface area contributed by atoms with Crippen molar-refractivity contribution in [2.45, 2.75) is 0 Å². The highest BCUT2D eigenvalue weighted by molar-refractivity contribution is 5.78. The monoisotopic (exact) mass is 186 g/mol. The standard InChI is InChI=1S/C11H10N2O/c1-9-12-7-11(8-13-9)14-10-5-3-2-4-6-10/h2-8,12H,1H2. The van der Waals surface area contributed by atoms with Gasteiger partial charge in [0.25, 0.3) is 0 Å². The van der Waals surface area contributed by atoms with E-state index in [9.17, 15) is 0 Å². The van der Waals surface area contributed by atoms with Crippen molar-refractivity contribution >= 4 is 6.21 Å². The number of benzene rings is 1. The third-order valence-corrected chi connectivity index (χ3v) is 1.71. The molecule has 0 saturated carbocycles. The average Bonchev–Trinajstić information content (AvgIpc) is 2.23. The van der Waals surface area contributed by atoms with Crippen LogP contribution in [0.1, 0.15) is 0 Å². The fraction of sp³-hybridized carbons (Fsp3) is 0. The van der Waals surface area contributed by atoms with Gasteiger partial charge < -0.3 is 10.1 Å². The van der Waals surface area contributed by atoms with Gasteiger partial charge in [-0.1, -0.05) is 24.8 Å². The molecule has 0 fully saturated rings. The normalized spacial score (nSPS) is 14.6. The van der Waals surface area contributed by atoms with E-state index in [1.54, 1.807) is 12.4 Å². The van der Waals surface area contributed by atoms with Crippen molar-refractivity contribution in [2.24, 2.45) is 4.99 Å². The molecular weight excluding hydrogens is 176 g/mol. The Labute approximate surface area is 82.4 Å². The number of ether oxygens (including phenoxy) is 1. The molecule has 14 heavy (non-hydrogen) atoms. The van der Waals surface area contributed by atoms with E-state index in [-0.39, 0.29) is 0 Å². The van der Waals surface area contributed by atoms with Crippen LogP contribution in [0.15, 0.2) is 59.7 Å². The predicted molar refractivity (Wildman–Crippen MR) is 55.9 cm³/mol. The molecule has 1 heterocycles. The van der Waals surface area contributed by atoms with E-state index >= 15 is 0 Å². The van der Waals surface area contributed by atoms with Gasteiger partial charge in [0.2, 0.25) is 0 Å². The van der Waals surface area contributed by atoms with Crippen LogP contribution in [-0.4, -0.2) is 6.21 Å². The van der Waals surface area contributed by atoms with Gasteiger partial charge in [-0.2, -0.15) is 0 Å². The number of nitrogens with one attached hydrogen (secondary N) is 1. The fourth-order valence-electron chi connectivity index (χ4n) is 1.05. The quantitative estimate of drug-likeness (QED) is 0.766. The Bertz CT molecular complexity index is 393. The first-order chi connectivity index (χ1) is 6.84. The Morgan fingerprint density at radius 1 is 1.21 bits per heavy atom. The lowest BCUT2D eigenvalue weighted by atomic mass is 10.3. The average molecular weight is 186 g/mol. The van der Waals surface area contributed by atoms with Crippen molar-refractivity contribution in [1.29, 1.82) is 0 Å². The summed E-state index contributed by atoms with van der Waals surface area (Å²) in [6.45, 7) is 3.65. The van der Waals surface area contributed by atoms with Crippen molar-refractivity contribution in [3.8, 4) is 5.75 Å². The molecule has 0 saturated heterocycles. The van der Waals surface area contributed by atoms with Gasteiger partial charge in [-0.3, -0.25) is 0 Å². The molecule has 0 amide bonds. The molecule has 0 aromatic heterocycles. The Balaban J connectivity index is 2.06. The van der Waals surface area contributed by atoms with Gasteiger partial charge in [-0.05, 0) is 12.1 Å². The zero-order chi connectivity index (χ0) is 9.80. The third-order valence-electron chi connectivity index (χ3n) is 1.71. The van der Waals surface area contributed by atoms with Crippen molar-refractivity contribution < 1.29 is 4.74 Å². The van der Waals surface area contributed by atoms with Crippen LogP contribution < -0.4 is 10.1 Å². The fourth-order valence-corrected chi connectivity index (χ4v) is 1.05. The maximum absolute atomic E-state index is 5.51. The van der Waals surface area contributed by atoms with Gasteiger partial charge >= 0.3 is 0 Å². The van der Waals surface area contributed by atoms with Gasteiger partial charge in [-0.15, -0.1) is 0 Å². The van der Waals surface area contributed by atoms with Gasteiger partial charge in [0.1, 0.15) is 11.6 Å². The van der Waals surface area contributed by atoms with Crippen LogP contribution in [0.5, 0.6) is 5.75 Å². The number of rotatable bonds is 2. The highest BCUT2D eigenvalue weighted by atomic mass is 16.5. The summed E-state index contributed by atoms with van der Waals surface area (Å²) in [5.74, 6) is 2.08. The van der Waals surface area contributed by atoms with Crippen LogP contribution in [0.2, 0.25) is 0 Å². The molecule has 1 aromatic carbocycles. The molecule has 70 valence electrons. The second-order valence-electron chi connectivity index (χ2n) is 2.81. The molecule has 1 aromatic rings. The Kier molecular flexibility index (Phi) is 2.32. The SMILES string of the molecule is C=C1N=CC(Oc2ccccc2)=CN1. The lowest BCUT2D eigenvalue weighted by Crippen LogP contribution is -2.12. The largest absolute Gasteiger partial charge is 0.454 e. The Hall–Kier alpha value is -2.03. The second-order valence-corrected chi connectivity index (χ2v) is 2.81. The maximum Gasteiger partial charge on any atom is 0.161 e. The zero-order valence-corrected chi connectivity index (χ0v) is 7.60. The Morgan fingerprint density at radius 3 is 2.64 bits per heavy atom. The summed E-state index contributed by atoms with van der Waals surface area (Å²) in [6, 6.07) is 9.55. The number of aliphatic imine (C=N–C) groups is 1. The summed E-state index contributed by atoms with van der Waals surface area (Å²) in [5, 5.41) is 2.87. The van der Waals surface area contributed by atoms with E-state index in [0.29, 0.717) is 11.6 Å². The lowest BCUT2D eigenvalue weighted by Gasteiger charge is -2.10. The molecular formula is C11H10N2O. The van der Waals surface area contributed by atoms with E-state index < -0.39 is 0 Å². The summed E-state index contributed by atoms with van der Waals surface area (Å²) in [4.78, 5) is 3.98. The van der Waals surface area contributed by atoms with Crippen LogP contribution in [0.25, 0.3) is 0 Å². The van der Waals surface area contributed by atoms with Crippen LogP contribution in [0, 0.1) is 0 Å². The second kappa shape index (κ2) is 3.79. The predicted octanol–water partition coefficient (Wildman–Crippen LogP) is 2.05. The van der Waals surface area contributed by atoms with E-state index in [0.717, 1.165) is 5.75 Å². The molecule has 0 atom stereocenters. The number of nitrogens with zero attached hydrogens (tertiary/aromatic N) is 1. The van der Waals surface area contributed by atoms with Crippen molar-refractivity contribution in [1.82, 2.24) is 5.32 Å². The first kappa shape index (κ1) is 8.56. The summed E-state index contributed by atoms with van der Waals surface area (Å²) in [5.41, 5.74) is 0. The lowest BCUT2D eigenvalue weighted by molar-refractivity contribution is 0.451. The minimum atomic E-state index is 0.616. The van der Waals surface area contributed by atoms with Gasteiger partial charge in [0.05, 0.1) is 6.21 Å². The van der Waals surface area contributed by atoms with Crippen molar-refractivity contribution in [3.05, 3.63) is 54.7 Å². The minimum absolute atomic E-state index is 0.616. The van der Waals surface area contributed by atoms with Crippen LogP contribution in [0.3, 0.4) is 0 Å². The minimum Gasteiger partial charge on any atom is -0.454 e. The van der Waals surface area contributed by atoms with Crippen molar-refractivity contribution in [2.75, 3.05) is 0 Å². The van der Waals surface area contributed by atoms with E-state index in [1.165, 1.54) is 0 Å². The number of allylic oxidation sites excluding steroid dienone is 1. The molecule has 3 heteroatoms. The molecule has 0 radical (unpaired) electrons. The highest BCUT2D eigenvalue weighted by Crippen LogP contribution is 2.12. The van der Waals surface area contributed by atoms with Crippen LogP contribution >= 0.6 is 0 Å². The van der Waals surface area contributed by atoms with E-state index in [2.05, 4.69) is 16.9 Å². The highest BCUT2D eigenvalue weighted by Gasteiger charge is 2.01. The summed E-state index contributed by atoms with van der Waals surface area (Å²) < 4.78 is 5.51. The van der Waals surface area contributed by atoms with Gasteiger partial charge in [0.15, 0.2) is 5.76 Å². The molecule has 0 spiro atoms. The van der Waals surface area contributed by atoms with Gasteiger partial charge in [0, 0.05) is 6.20 Å². The molecule has 2 rings (SSSR count). The van der Waals surface area contributed by atoms with E-state index in [1.807, 2.05) is 30.3 Å². The zero-order valence-electron chi connectivity index (χ0n) is 7.60. The first-order valence-corrected chi connectivity index (χ1v) is 4.27. The molecule has 0 aliphatic carbocycles. The summed E-state index contributed by atoms with van der Waals surface area (Å²) in [6.07, 6.45) is 3.36. The van der Waals surface area contributed by atoms with E-state index in [4.69, 9.17) is 4.74 Å². The van der Waals surface area contributed by atoms with Crippen LogP contribution in [0.4, 0.5) is 0 Å². The molecule has 1 aliphatic heterocycles. The smallest absolute Gasteiger partial charge is 0.161 e. The summed E-state index contributed by atoms with van der Waals surface area (Å²) >= 11 is 0. The molecule has 0 bridgehead atoms. The number of hydrogen-bond donors (Lipinski definition) is 1. The van der Waals surface area contributed by atoms with Crippen LogP contribution in [-0.2, 0) is 0 Å².